The zero-order valence-electron chi connectivity index (χ0n) is 8.54. The van der Waals surface area contributed by atoms with Gasteiger partial charge >= 0.3 is 0 Å². The molecule has 0 saturated heterocycles. The van der Waals surface area contributed by atoms with Crippen LogP contribution in [0.15, 0.2) is 0 Å². The molecule has 0 aliphatic heterocycles. The van der Waals surface area contributed by atoms with Crippen molar-refractivity contribution in [3.63, 3.8) is 0 Å². The Kier molecular flexibility index (Phi) is 5.98. The van der Waals surface area contributed by atoms with E-state index in [0.717, 1.165) is 10.8 Å². The molecule has 2 bridgehead atoms. The van der Waals surface area contributed by atoms with Crippen LogP contribution in [-0.4, -0.2) is 0 Å². The van der Waals surface area contributed by atoms with Crippen LogP contribution in [0.1, 0.15) is 74.7 Å². The third-order valence-corrected chi connectivity index (χ3v) is 3.61. The summed E-state index contributed by atoms with van der Waals surface area (Å²) in [6.45, 7) is 8.80. The number of hydrogen-bond donors (Lipinski definition) is 0. The third-order valence-electron chi connectivity index (χ3n) is 3.61. The van der Waals surface area contributed by atoms with Crippen molar-refractivity contribution in [1.29, 1.82) is 0 Å². The van der Waals surface area contributed by atoms with Crippen LogP contribution in [-0.2, 0) is 0 Å². The van der Waals surface area contributed by atoms with Gasteiger partial charge in [-0.05, 0) is 36.5 Å². The first-order chi connectivity index (χ1) is 5.18. The van der Waals surface area contributed by atoms with Gasteiger partial charge in [0.2, 0.25) is 0 Å². The van der Waals surface area contributed by atoms with Crippen LogP contribution in [0.25, 0.3) is 0 Å². The summed E-state index contributed by atoms with van der Waals surface area (Å²) in [5, 5.41) is 0. The van der Waals surface area contributed by atoms with E-state index in [1.807, 2.05) is 13.8 Å². The van der Waals surface area contributed by atoms with Crippen molar-refractivity contribution in [3.8, 4) is 0 Å². The smallest absolute Gasteiger partial charge is 0.0290 e. The summed E-state index contributed by atoms with van der Waals surface area (Å²) >= 11 is 0. The summed E-state index contributed by atoms with van der Waals surface area (Å²) in [5.74, 6) is 0. The number of fused-ring (bicyclic) bond motifs is 1. The van der Waals surface area contributed by atoms with E-state index in [1.165, 1.54) is 32.1 Å². The van der Waals surface area contributed by atoms with Crippen LogP contribution >= 0.6 is 0 Å². The average molecular weight is 186 g/mol. The molecule has 0 heteroatoms. The van der Waals surface area contributed by atoms with Gasteiger partial charge in [0, 0.05) is 0 Å². The van der Waals surface area contributed by atoms with Crippen molar-refractivity contribution in [2.45, 2.75) is 74.7 Å². The van der Waals surface area contributed by atoms with E-state index in [9.17, 15) is 0 Å². The van der Waals surface area contributed by atoms with E-state index in [0.29, 0.717) is 0 Å². The molecule has 0 nitrogen and oxygen atoms in total. The van der Waals surface area contributed by atoms with Crippen LogP contribution in [0.2, 0.25) is 0 Å². The largest absolute Gasteiger partial charge is 0.0776 e. The van der Waals surface area contributed by atoms with Crippen LogP contribution in [0.4, 0.5) is 0 Å². The van der Waals surface area contributed by atoms with E-state index in [4.69, 9.17) is 0 Å². The number of hydrogen-bond acceptors (Lipinski definition) is 0. The average Bonchev–Trinajstić information content (AvgIpc) is 2.46. The Morgan fingerprint density at radius 3 is 1.62 bits per heavy atom. The van der Waals surface area contributed by atoms with Crippen molar-refractivity contribution >= 4 is 0 Å². The van der Waals surface area contributed by atoms with Gasteiger partial charge in [0.1, 0.15) is 0 Å². The van der Waals surface area contributed by atoms with Crippen molar-refractivity contribution in [1.82, 2.24) is 0 Å². The molecule has 3 fully saturated rings. The predicted octanol–water partition coefficient (Wildman–Crippen LogP) is 5.28. The lowest BCUT2D eigenvalue weighted by molar-refractivity contribution is 0.0583. The van der Waals surface area contributed by atoms with Crippen molar-refractivity contribution in [2.24, 2.45) is 10.8 Å². The fourth-order valence-corrected chi connectivity index (χ4v) is 3.11. The molecule has 0 aromatic heterocycles. The summed E-state index contributed by atoms with van der Waals surface area (Å²) in [6, 6.07) is 0. The highest BCUT2D eigenvalue weighted by Gasteiger charge is 2.56. The van der Waals surface area contributed by atoms with Gasteiger partial charge < -0.3 is 0 Å². The highest BCUT2D eigenvalue weighted by molar-refractivity contribution is 5.07. The van der Waals surface area contributed by atoms with Gasteiger partial charge in [-0.15, -0.1) is 0 Å². The summed E-state index contributed by atoms with van der Waals surface area (Å²) in [4.78, 5) is 0. The molecule has 3 aliphatic carbocycles. The maximum absolute atomic E-state index is 2.45. The molecule has 3 rings (SSSR count). The first-order valence-electron chi connectivity index (χ1n) is 5.18. The lowest BCUT2D eigenvalue weighted by Gasteiger charge is -2.45. The Bertz CT molecular complexity index is 129. The maximum atomic E-state index is 2.45. The fourth-order valence-electron chi connectivity index (χ4n) is 3.11. The molecule has 0 aromatic rings. The van der Waals surface area contributed by atoms with E-state index < -0.39 is 0 Å². The molecule has 3 saturated carbocycles. The summed E-state index contributed by atoms with van der Waals surface area (Å²) in [7, 11) is 0. The minimum Gasteiger partial charge on any atom is -0.0776 e. The SMILES string of the molecule is C.C.CC.CCC12CCC(C)(C1)C2. The highest BCUT2D eigenvalue weighted by Crippen LogP contribution is 2.68. The van der Waals surface area contributed by atoms with Gasteiger partial charge in [-0.3, -0.25) is 0 Å². The fraction of sp³-hybridized carbons (Fsp3) is 1.00. The van der Waals surface area contributed by atoms with E-state index >= 15 is 0 Å². The van der Waals surface area contributed by atoms with E-state index in [1.54, 1.807) is 0 Å². The van der Waals surface area contributed by atoms with Crippen molar-refractivity contribution < 1.29 is 0 Å². The van der Waals surface area contributed by atoms with Gasteiger partial charge in [0.15, 0.2) is 0 Å². The molecule has 0 heterocycles. The molecule has 13 heavy (non-hydrogen) atoms. The standard InChI is InChI=1S/C9H16.C2H6.2CH4/c1-3-9-5-4-8(2,6-9)7-9;1-2;;/h3-7H2,1-2H3;1-2H3;2*1H4. The van der Waals surface area contributed by atoms with Crippen LogP contribution in [0.5, 0.6) is 0 Å². The molecule has 0 unspecified atom stereocenters. The van der Waals surface area contributed by atoms with Gasteiger partial charge in [0.05, 0.1) is 0 Å². The molecule has 0 aromatic carbocycles. The second-order valence-electron chi connectivity index (χ2n) is 4.52. The normalized spacial score (nSPS) is 38.8. The molecule has 0 spiro atoms. The number of rotatable bonds is 1. The summed E-state index contributed by atoms with van der Waals surface area (Å²) < 4.78 is 0. The molecular formula is C13H30. The minimum atomic E-state index is 0. The monoisotopic (exact) mass is 186 g/mol. The molecule has 0 amide bonds. The molecule has 3 aliphatic rings. The topological polar surface area (TPSA) is 0 Å². The van der Waals surface area contributed by atoms with Gasteiger partial charge in [0.25, 0.3) is 0 Å². The van der Waals surface area contributed by atoms with Crippen LogP contribution < -0.4 is 0 Å². The van der Waals surface area contributed by atoms with Gasteiger partial charge in [-0.25, -0.2) is 0 Å². The maximum Gasteiger partial charge on any atom is -0.0290 e. The Hall–Kier alpha value is 0. The molecular weight excluding hydrogens is 156 g/mol. The molecule has 0 N–H and O–H groups in total. The lowest BCUT2D eigenvalue weighted by atomic mass is 9.60. The van der Waals surface area contributed by atoms with Crippen LogP contribution in [0.3, 0.4) is 0 Å². The highest BCUT2D eigenvalue weighted by atomic mass is 14.6. The summed E-state index contributed by atoms with van der Waals surface area (Å²) in [5.41, 5.74) is 1.64. The van der Waals surface area contributed by atoms with E-state index in [2.05, 4.69) is 13.8 Å². The van der Waals surface area contributed by atoms with Gasteiger partial charge in [-0.2, -0.15) is 0 Å². The van der Waals surface area contributed by atoms with Crippen LogP contribution in [0, 0.1) is 10.8 Å². The van der Waals surface area contributed by atoms with Crippen molar-refractivity contribution in [2.75, 3.05) is 0 Å². The Balaban J connectivity index is 0. The predicted molar refractivity (Wildman–Crippen MR) is 64.1 cm³/mol. The molecule has 0 atom stereocenters. The second-order valence-corrected chi connectivity index (χ2v) is 4.52. The second kappa shape index (κ2) is 5.02. The van der Waals surface area contributed by atoms with Gasteiger partial charge in [-0.1, -0.05) is 49.0 Å². The first kappa shape index (κ1) is 15.5. The Labute approximate surface area is 86.1 Å². The zero-order chi connectivity index (χ0) is 8.54. The Morgan fingerprint density at radius 2 is 1.46 bits per heavy atom. The quantitative estimate of drug-likeness (QED) is 0.523. The third kappa shape index (κ3) is 2.48. The lowest BCUT2D eigenvalue weighted by Crippen LogP contribution is -2.34. The zero-order valence-corrected chi connectivity index (χ0v) is 8.54. The minimum absolute atomic E-state index is 0. The first-order valence-corrected chi connectivity index (χ1v) is 5.18. The van der Waals surface area contributed by atoms with Crippen molar-refractivity contribution in [3.05, 3.63) is 0 Å². The molecule has 0 radical (unpaired) electrons. The summed E-state index contributed by atoms with van der Waals surface area (Å²) in [6.07, 6.45) is 7.55. The van der Waals surface area contributed by atoms with E-state index in [-0.39, 0.29) is 14.9 Å². The Morgan fingerprint density at radius 1 is 1.00 bits per heavy atom. The molecule has 82 valence electrons.